The zero-order valence-corrected chi connectivity index (χ0v) is 14.3. The van der Waals surface area contributed by atoms with Crippen molar-refractivity contribution in [2.45, 2.75) is 45.3 Å². The van der Waals surface area contributed by atoms with Gasteiger partial charge in [0, 0.05) is 11.8 Å². The van der Waals surface area contributed by atoms with Gasteiger partial charge in [-0.2, -0.15) is 0 Å². The number of benzene rings is 1. The summed E-state index contributed by atoms with van der Waals surface area (Å²) in [6.07, 6.45) is 7.32. The first-order chi connectivity index (χ1) is 9.89. The van der Waals surface area contributed by atoms with Gasteiger partial charge in [-0.05, 0) is 30.9 Å². The number of aryl methyl sites for hydroxylation is 1. The second-order valence-electron chi connectivity index (χ2n) is 6.94. The van der Waals surface area contributed by atoms with Crippen molar-refractivity contribution in [2.24, 2.45) is 5.41 Å². The van der Waals surface area contributed by atoms with Gasteiger partial charge in [-0.25, -0.2) is 0 Å². The SMILES string of the molecule is C[Si](C)(C)C#CC1(CCc2ccccc2)C=CC(=O)CC1. The summed E-state index contributed by atoms with van der Waals surface area (Å²) in [4.78, 5) is 11.5. The van der Waals surface area contributed by atoms with Crippen LogP contribution in [-0.2, 0) is 11.2 Å². The van der Waals surface area contributed by atoms with Crippen LogP contribution < -0.4 is 0 Å². The molecular formula is C19H24OSi. The molecule has 1 aliphatic rings. The molecule has 21 heavy (non-hydrogen) atoms. The lowest BCUT2D eigenvalue weighted by atomic mass is 9.75. The molecule has 1 aromatic rings. The summed E-state index contributed by atoms with van der Waals surface area (Å²) in [5.74, 6) is 3.77. The van der Waals surface area contributed by atoms with E-state index in [1.807, 2.05) is 6.07 Å². The van der Waals surface area contributed by atoms with Crippen molar-refractivity contribution in [2.75, 3.05) is 0 Å². The molecule has 110 valence electrons. The lowest BCUT2D eigenvalue weighted by Gasteiger charge is -2.28. The van der Waals surface area contributed by atoms with Crippen molar-refractivity contribution in [1.29, 1.82) is 0 Å². The molecule has 0 bridgehead atoms. The summed E-state index contributed by atoms with van der Waals surface area (Å²) in [5.41, 5.74) is 4.75. The quantitative estimate of drug-likeness (QED) is 0.596. The number of ketones is 1. The van der Waals surface area contributed by atoms with Crippen LogP contribution in [0.1, 0.15) is 24.8 Å². The highest BCUT2D eigenvalue weighted by Crippen LogP contribution is 2.34. The molecule has 0 N–H and O–H groups in total. The van der Waals surface area contributed by atoms with Crippen molar-refractivity contribution in [3.05, 3.63) is 48.0 Å². The van der Waals surface area contributed by atoms with Gasteiger partial charge < -0.3 is 0 Å². The highest BCUT2D eigenvalue weighted by atomic mass is 28.3. The molecule has 2 heteroatoms. The summed E-state index contributed by atoms with van der Waals surface area (Å²) in [7, 11) is -1.39. The van der Waals surface area contributed by atoms with Crippen LogP contribution in [0.2, 0.25) is 19.6 Å². The van der Waals surface area contributed by atoms with Crippen LogP contribution in [0.25, 0.3) is 0 Å². The molecule has 0 amide bonds. The molecule has 1 unspecified atom stereocenters. The minimum Gasteiger partial charge on any atom is -0.295 e. The number of allylic oxidation sites excluding steroid dienone is 2. The van der Waals surface area contributed by atoms with E-state index in [0.717, 1.165) is 19.3 Å². The summed E-state index contributed by atoms with van der Waals surface area (Å²) in [6.45, 7) is 6.80. The fraction of sp³-hybridized carbons (Fsp3) is 0.421. The Labute approximate surface area is 129 Å². The minimum absolute atomic E-state index is 0.107. The molecule has 0 aromatic heterocycles. The van der Waals surface area contributed by atoms with Gasteiger partial charge in [0.1, 0.15) is 8.07 Å². The maximum absolute atomic E-state index is 11.5. The third-order valence-corrected chi connectivity index (χ3v) is 4.67. The standard InChI is InChI=1S/C19H24OSi/c1-21(2,3)16-15-19(13-10-18(20)11-14-19)12-9-17-7-5-4-6-8-17/h4-8,10,13H,9,11-12,14H2,1-3H3. The Morgan fingerprint density at radius 1 is 1.19 bits per heavy atom. The van der Waals surface area contributed by atoms with Gasteiger partial charge in [0.2, 0.25) is 0 Å². The van der Waals surface area contributed by atoms with E-state index in [0.29, 0.717) is 6.42 Å². The Hall–Kier alpha value is -1.59. The minimum atomic E-state index is -1.39. The van der Waals surface area contributed by atoms with Crippen molar-refractivity contribution in [1.82, 2.24) is 0 Å². The fourth-order valence-electron chi connectivity index (χ4n) is 2.46. The molecule has 0 fully saturated rings. The van der Waals surface area contributed by atoms with Gasteiger partial charge in [0.05, 0.1) is 0 Å². The van der Waals surface area contributed by atoms with Gasteiger partial charge in [0.15, 0.2) is 5.78 Å². The summed E-state index contributed by atoms with van der Waals surface area (Å²) >= 11 is 0. The Morgan fingerprint density at radius 2 is 1.90 bits per heavy atom. The Morgan fingerprint density at radius 3 is 2.48 bits per heavy atom. The van der Waals surface area contributed by atoms with E-state index < -0.39 is 8.07 Å². The van der Waals surface area contributed by atoms with Gasteiger partial charge in [0.25, 0.3) is 0 Å². The third-order valence-electron chi connectivity index (χ3n) is 3.79. The topological polar surface area (TPSA) is 17.1 Å². The summed E-state index contributed by atoms with van der Waals surface area (Å²) in [6, 6.07) is 10.5. The molecule has 1 aromatic carbocycles. The lowest BCUT2D eigenvalue weighted by Crippen LogP contribution is -2.25. The largest absolute Gasteiger partial charge is 0.295 e. The van der Waals surface area contributed by atoms with E-state index in [1.54, 1.807) is 6.08 Å². The van der Waals surface area contributed by atoms with Gasteiger partial charge in [-0.1, -0.05) is 62.0 Å². The molecule has 0 spiro atoms. The third kappa shape index (κ3) is 5.02. The maximum Gasteiger partial charge on any atom is 0.155 e. The molecule has 0 saturated carbocycles. The molecule has 0 saturated heterocycles. The zero-order chi connectivity index (χ0) is 15.3. The summed E-state index contributed by atoms with van der Waals surface area (Å²) in [5, 5.41) is 0. The molecule has 0 heterocycles. The molecule has 0 aliphatic heterocycles. The monoisotopic (exact) mass is 296 g/mol. The molecule has 1 aliphatic carbocycles. The van der Waals surface area contributed by atoms with Gasteiger partial charge >= 0.3 is 0 Å². The molecular weight excluding hydrogens is 272 g/mol. The number of carbonyl (C=O) groups excluding carboxylic acids is 1. The summed E-state index contributed by atoms with van der Waals surface area (Å²) < 4.78 is 0. The Bertz CT molecular complexity index is 583. The van der Waals surface area contributed by atoms with E-state index in [2.05, 4.69) is 61.4 Å². The average molecular weight is 296 g/mol. The van der Waals surface area contributed by atoms with E-state index in [4.69, 9.17) is 0 Å². The van der Waals surface area contributed by atoms with Crippen molar-refractivity contribution in [3.8, 4) is 11.5 Å². The second kappa shape index (κ2) is 6.45. The highest BCUT2D eigenvalue weighted by molar-refractivity contribution is 6.83. The van der Waals surface area contributed by atoms with E-state index in [-0.39, 0.29) is 11.2 Å². The van der Waals surface area contributed by atoms with Crippen molar-refractivity contribution < 1.29 is 4.79 Å². The predicted octanol–water partition coefficient (Wildman–Crippen LogP) is 4.41. The Balaban J connectivity index is 2.18. The van der Waals surface area contributed by atoms with Crippen LogP contribution in [0, 0.1) is 16.9 Å². The smallest absolute Gasteiger partial charge is 0.155 e. The van der Waals surface area contributed by atoms with E-state index in [9.17, 15) is 4.79 Å². The zero-order valence-electron chi connectivity index (χ0n) is 13.3. The molecule has 1 nitrogen and oxygen atoms in total. The molecule has 0 radical (unpaired) electrons. The van der Waals surface area contributed by atoms with E-state index in [1.165, 1.54) is 5.56 Å². The first-order valence-electron chi connectivity index (χ1n) is 7.69. The average Bonchev–Trinajstić information content (AvgIpc) is 2.46. The number of hydrogen-bond donors (Lipinski definition) is 0. The maximum atomic E-state index is 11.5. The lowest BCUT2D eigenvalue weighted by molar-refractivity contribution is -0.115. The first-order valence-corrected chi connectivity index (χ1v) is 11.2. The van der Waals surface area contributed by atoms with Crippen LogP contribution in [0.3, 0.4) is 0 Å². The van der Waals surface area contributed by atoms with Crippen molar-refractivity contribution in [3.63, 3.8) is 0 Å². The van der Waals surface area contributed by atoms with E-state index >= 15 is 0 Å². The van der Waals surface area contributed by atoms with Crippen LogP contribution in [-0.4, -0.2) is 13.9 Å². The van der Waals surface area contributed by atoms with Crippen LogP contribution in [0.4, 0.5) is 0 Å². The van der Waals surface area contributed by atoms with Crippen LogP contribution in [0.5, 0.6) is 0 Å². The predicted molar refractivity (Wildman–Crippen MR) is 91.7 cm³/mol. The second-order valence-corrected chi connectivity index (χ2v) is 11.7. The normalized spacial score (nSPS) is 21.8. The van der Waals surface area contributed by atoms with Gasteiger partial charge in [-0.3, -0.25) is 4.79 Å². The van der Waals surface area contributed by atoms with Crippen LogP contribution in [0.15, 0.2) is 42.5 Å². The fourth-order valence-corrected chi connectivity index (χ4v) is 3.09. The highest BCUT2D eigenvalue weighted by Gasteiger charge is 2.29. The van der Waals surface area contributed by atoms with Gasteiger partial charge in [-0.15, -0.1) is 5.54 Å². The molecule has 2 rings (SSSR count). The number of rotatable bonds is 3. The number of carbonyl (C=O) groups is 1. The Kier molecular flexibility index (Phi) is 4.85. The van der Waals surface area contributed by atoms with Crippen LogP contribution >= 0.6 is 0 Å². The first kappa shape index (κ1) is 15.8. The number of hydrogen-bond acceptors (Lipinski definition) is 1. The van der Waals surface area contributed by atoms with Crippen molar-refractivity contribution >= 4 is 13.9 Å². The molecule has 1 atom stereocenters.